The molecule has 110 valence electrons. The smallest absolute Gasteiger partial charge is 0.337 e. The molecule has 0 spiro atoms. The zero-order valence-corrected chi connectivity index (χ0v) is 12.5. The van der Waals surface area contributed by atoms with Gasteiger partial charge < -0.3 is 10.1 Å². The SMILES string of the molecule is COC(=O)c1ccc(C)c(NCc2cccc(Cl)c2F)c1. The number of anilines is 1. The number of halogens is 2. The first-order valence-electron chi connectivity index (χ1n) is 6.38. The van der Waals surface area contributed by atoms with E-state index in [4.69, 9.17) is 11.6 Å². The number of aryl methyl sites for hydroxylation is 1. The van der Waals surface area contributed by atoms with Crippen LogP contribution in [-0.4, -0.2) is 13.1 Å². The standard InChI is InChI=1S/C16H15ClFNO2/c1-10-6-7-11(16(20)21-2)8-14(10)19-9-12-4-3-5-13(17)15(12)18/h3-8,19H,9H2,1-2H3. The van der Waals surface area contributed by atoms with Gasteiger partial charge in [0.25, 0.3) is 0 Å². The number of ether oxygens (including phenoxy) is 1. The van der Waals surface area contributed by atoms with Crippen molar-refractivity contribution in [1.82, 2.24) is 0 Å². The molecule has 2 aromatic carbocycles. The van der Waals surface area contributed by atoms with E-state index in [0.717, 1.165) is 11.3 Å². The van der Waals surface area contributed by atoms with Gasteiger partial charge in [-0.15, -0.1) is 0 Å². The summed E-state index contributed by atoms with van der Waals surface area (Å²) in [5.74, 6) is -0.847. The number of benzene rings is 2. The fourth-order valence-electron chi connectivity index (χ4n) is 1.93. The van der Waals surface area contributed by atoms with Gasteiger partial charge in [-0.25, -0.2) is 9.18 Å². The normalized spacial score (nSPS) is 10.3. The second-order valence-electron chi connectivity index (χ2n) is 4.59. The number of nitrogens with one attached hydrogen (secondary N) is 1. The van der Waals surface area contributed by atoms with Gasteiger partial charge >= 0.3 is 5.97 Å². The number of esters is 1. The van der Waals surface area contributed by atoms with Gasteiger partial charge in [-0.3, -0.25) is 0 Å². The van der Waals surface area contributed by atoms with E-state index in [0.29, 0.717) is 11.1 Å². The summed E-state index contributed by atoms with van der Waals surface area (Å²) < 4.78 is 18.5. The van der Waals surface area contributed by atoms with Gasteiger partial charge in [0, 0.05) is 17.8 Å². The molecule has 1 N–H and O–H groups in total. The molecule has 0 fully saturated rings. The maximum Gasteiger partial charge on any atom is 0.337 e. The van der Waals surface area contributed by atoms with Crippen LogP contribution in [0.4, 0.5) is 10.1 Å². The number of hydrogen-bond donors (Lipinski definition) is 1. The van der Waals surface area contributed by atoms with Crippen molar-refractivity contribution in [3.05, 3.63) is 63.9 Å². The summed E-state index contributed by atoms with van der Waals surface area (Å²) in [5.41, 5.74) is 2.60. The Bertz CT molecular complexity index is 673. The monoisotopic (exact) mass is 307 g/mol. The third-order valence-electron chi connectivity index (χ3n) is 3.16. The molecule has 0 aliphatic carbocycles. The summed E-state index contributed by atoms with van der Waals surface area (Å²) in [4.78, 5) is 11.5. The van der Waals surface area contributed by atoms with Crippen LogP contribution in [0.1, 0.15) is 21.5 Å². The van der Waals surface area contributed by atoms with E-state index in [1.807, 2.05) is 13.0 Å². The lowest BCUT2D eigenvalue weighted by Gasteiger charge is -2.12. The first-order valence-corrected chi connectivity index (χ1v) is 6.76. The molecule has 0 saturated carbocycles. The number of methoxy groups -OCH3 is 1. The van der Waals surface area contributed by atoms with Crippen LogP contribution in [-0.2, 0) is 11.3 Å². The summed E-state index contributed by atoms with van der Waals surface area (Å²) in [5, 5.41) is 3.20. The van der Waals surface area contributed by atoms with Crippen molar-refractivity contribution < 1.29 is 13.9 Å². The fraction of sp³-hybridized carbons (Fsp3) is 0.188. The van der Waals surface area contributed by atoms with Crippen molar-refractivity contribution in [2.24, 2.45) is 0 Å². The van der Waals surface area contributed by atoms with Crippen molar-refractivity contribution in [2.75, 3.05) is 12.4 Å². The molecule has 0 saturated heterocycles. The minimum absolute atomic E-state index is 0.0920. The molecule has 2 rings (SSSR count). The van der Waals surface area contributed by atoms with E-state index >= 15 is 0 Å². The Morgan fingerprint density at radius 3 is 2.81 bits per heavy atom. The Hall–Kier alpha value is -2.07. The van der Waals surface area contributed by atoms with Gasteiger partial charge in [0.1, 0.15) is 5.82 Å². The Labute approximate surface area is 127 Å². The van der Waals surface area contributed by atoms with E-state index in [-0.39, 0.29) is 11.6 Å². The van der Waals surface area contributed by atoms with Crippen molar-refractivity contribution in [3.63, 3.8) is 0 Å². The van der Waals surface area contributed by atoms with Gasteiger partial charge in [-0.1, -0.05) is 29.8 Å². The molecule has 0 aromatic heterocycles. The van der Waals surface area contributed by atoms with Crippen LogP contribution in [0.3, 0.4) is 0 Å². The average molecular weight is 308 g/mol. The van der Waals surface area contributed by atoms with Gasteiger partial charge in [0.15, 0.2) is 0 Å². The molecular weight excluding hydrogens is 293 g/mol. The van der Waals surface area contributed by atoms with Gasteiger partial charge in [0.2, 0.25) is 0 Å². The fourth-order valence-corrected chi connectivity index (χ4v) is 2.13. The Kier molecular flexibility index (Phi) is 4.81. The molecule has 21 heavy (non-hydrogen) atoms. The third-order valence-corrected chi connectivity index (χ3v) is 3.45. The van der Waals surface area contributed by atoms with Crippen molar-refractivity contribution in [1.29, 1.82) is 0 Å². The van der Waals surface area contributed by atoms with Crippen LogP contribution in [0, 0.1) is 12.7 Å². The van der Waals surface area contributed by atoms with E-state index in [1.54, 1.807) is 24.3 Å². The van der Waals surface area contributed by atoms with Crippen LogP contribution in [0.15, 0.2) is 36.4 Å². The molecule has 0 bridgehead atoms. The maximum atomic E-state index is 13.8. The number of carbonyl (C=O) groups is 1. The molecule has 0 atom stereocenters. The molecule has 5 heteroatoms. The first-order chi connectivity index (χ1) is 10.0. The molecule has 0 aliphatic rings. The van der Waals surface area contributed by atoms with E-state index in [2.05, 4.69) is 10.1 Å². The summed E-state index contributed by atoms with van der Waals surface area (Å²) in [6.07, 6.45) is 0. The second-order valence-corrected chi connectivity index (χ2v) is 4.99. The molecular formula is C16H15ClFNO2. The van der Waals surface area contributed by atoms with Gasteiger partial charge in [0.05, 0.1) is 17.7 Å². The Balaban J connectivity index is 2.19. The van der Waals surface area contributed by atoms with Crippen molar-refractivity contribution >= 4 is 23.3 Å². The summed E-state index contributed by atoms with van der Waals surface area (Å²) in [6.45, 7) is 2.18. The highest BCUT2D eigenvalue weighted by molar-refractivity contribution is 6.30. The highest BCUT2D eigenvalue weighted by Gasteiger charge is 2.09. The van der Waals surface area contributed by atoms with E-state index in [9.17, 15) is 9.18 Å². The summed E-state index contributed by atoms with van der Waals surface area (Å²) in [7, 11) is 1.33. The topological polar surface area (TPSA) is 38.3 Å². The Morgan fingerprint density at radius 1 is 1.33 bits per heavy atom. The quantitative estimate of drug-likeness (QED) is 0.861. The second kappa shape index (κ2) is 6.59. The molecule has 0 unspecified atom stereocenters. The van der Waals surface area contributed by atoms with Crippen molar-refractivity contribution in [2.45, 2.75) is 13.5 Å². The Morgan fingerprint density at radius 2 is 2.10 bits per heavy atom. The highest BCUT2D eigenvalue weighted by Crippen LogP contribution is 2.21. The van der Waals surface area contributed by atoms with Crippen LogP contribution in [0.2, 0.25) is 5.02 Å². The number of carbonyl (C=O) groups excluding carboxylic acids is 1. The largest absolute Gasteiger partial charge is 0.465 e. The van der Waals surface area contributed by atoms with Gasteiger partial charge in [-0.2, -0.15) is 0 Å². The highest BCUT2D eigenvalue weighted by atomic mass is 35.5. The van der Waals surface area contributed by atoms with Gasteiger partial charge in [-0.05, 0) is 30.7 Å². The maximum absolute atomic E-state index is 13.8. The van der Waals surface area contributed by atoms with Crippen molar-refractivity contribution in [3.8, 4) is 0 Å². The van der Waals surface area contributed by atoms with Crippen LogP contribution in [0.25, 0.3) is 0 Å². The van der Waals surface area contributed by atoms with Crippen LogP contribution >= 0.6 is 11.6 Å². The number of rotatable bonds is 4. The number of hydrogen-bond acceptors (Lipinski definition) is 3. The van der Waals surface area contributed by atoms with Crippen LogP contribution in [0.5, 0.6) is 0 Å². The minimum Gasteiger partial charge on any atom is -0.465 e. The minimum atomic E-state index is -0.437. The lowest BCUT2D eigenvalue weighted by molar-refractivity contribution is 0.0601. The predicted octanol–water partition coefficient (Wildman–Crippen LogP) is 4.19. The molecule has 0 amide bonds. The lowest BCUT2D eigenvalue weighted by atomic mass is 10.1. The zero-order chi connectivity index (χ0) is 15.4. The third kappa shape index (κ3) is 3.52. The van der Waals surface area contributed by atoms with Crippen LogP contribution < -0.4 is 5.32 Å². The molecule has 0 radical (unpaired) electrons. The summed E-state index contributed by atoms with van der Waals surface area (Å²) in [6, 6.07) is 10.0. The van der Waals surface area contributed by atoms with E-state index in [1.165, 1.54) is 13.2 Å². The zero-order valence-electron chi connectivity index (χ0n) is 11.7. The van der Waals surface area contributed by atoms with E-state index < -0.39 is 11.8 Å². The molecule has 0 heterocycles. The lowest BCUT2D eigenvalue weighted by Crippen LogP contribution is -2.06. The average Bonchev–Trinajstić information content (AvgIpc) is 2.49. The molecule has 0 aliphatic heterocycles. The molecule has 2 aromatic rings. The summed E-state index contributed by atoms with van der Waals surface area (Å²) >= 11 is 5.75. The molecule has 3 nitrogen and oxygen atoms in total. The predicted molar refractivity (Wildman–Crippen MR) is 81.3 cm³/mol. The first kappa shape index (κ1) is 15.3.